The first kappa shape index (κ1) is 17.8. The lowest BCUT2D eigenvalue weighted by atomic mass is 9.93. The Morgan fingerprint density at radius 2 is 1.88 bits per heavy atom. The molecule has 25 heavy (non-hydrogen) atoms. The van der Waals surface area contributed by atoms with Crippen LogP contribution in [-0.4, -0.2) is 25.6 Å². The largest absolute Gasteiger partial charge is 0.492 e. The van der Waals surface area contributed by atoms with Gasteiger partial charge in [-0.05, 0) is 42.1 Å². The van der Waals surface area contributed by atoms with E-state index in [0.717, 1.165) is 30.7 Å². The van der Waals surface area contributed by atoms with Crippen molar-refractivity contribution in [3.8, 4) is 5.75 Å². The summed E-state index contributed by atoms with van der Waals surface area (Å²) < 4.78 is 5.73. The third kappa shape index (κ3) is 3.80. The maximum absolute atomic E-state index is 12.5. The summed E-state index contributed by atoms with van der Waals surface area (Å²) in [6.07, 6.45) is 1.80. The van der Waals surface area contributed by atoms with Crippen molar-refractivity contribution in [1.82, 2.24) is 10.6 Å². The number of rotatable bonds is 3. The second kappa shape index (κ2) is 7.89. The fraction of sp³-hybridized carbons (Fsp3) is 0.350. The van der Waals surface area contributed by atoms with Crippen molar-refractivity contribution in [2.24, 2.45) is 5.92 Å². The fourth-order valence-electron chi connectivity index (χ4n) is 3.62. The van der Waals surface area contributed by atoms with Crippen LogP contribution in [0.2, 0.25) is 0 Å². The summed E-state index contributed by atoms with van der Waals surface area (Å²) in [5.41, 5.74) is 3.80. The van der Waals surface area contributed by atoms with Gasteiger partial charge in [0.2, 0.25) is 5.91 Å². The maximum atomic E-state index is 12.5. The van der Waals surface area contributed by atoms with Crippen LogP contribution in [0, 0.1) is 5.92 Å². The summed E-state index contributed by atoms with van der Waals surface area (Å²) in [7, 11) is 0. The van der Waals surface area contributed by atoms with Crippen molar-refractivity contribution in [2.45, 2.75) is 18.9 Å². The van der Waals surface area contributed by atoms with Crippen LogP contribution in [0.15, 0.2) is 48.5 Å². The van der Waals surface area contributed by atoms with Crippen LogP contribution in [0.3, 0.4) is 0 Å². The molecule has 2 aliphatic heterocycles. The van der Waals surface area contributed by atoms with Crippen molar-refractivity contribution < 1.29 is 9.53 Å². The molecule has 5 heteroatoms. The molecule has 4 rings (SSSR count). The minimum atomic E-state index is -0.112. The summed E-state index contributed by atoms with van der Waals surface area (Å²) in [6, 6.07) is 16.6. The van der Waals surface area contributed by atoms with Gasteiger partial charge in [0.05, 0.1) is 5.92 Å². The van der Waals surface area contributed by atoms with E-state index in [2.05, 4.69) is 34.9 Å². The molecule has 0 fully saturated rings. The van der Waals surface area contributed by atoms with Gasteiger partial charge in [0.25, 0.3) is 0 Å². The number of carbonyl (C=O) groups excluding carboxylic acids is 1. The van der Waals surface area contributed by atoms with Gasteiger partial charge in [-0.1, -0.05) is 42.5 Å². The van der Waals surface area contributed by atoms with E-state index in [9.17, 15) is 4.79 Å². The van der Waals surface area contributed by atoms with E-state index in [0.29, 0.717) is 13.2 Å². The molecule has 2 aromatic rings. The van der Waals surface area contributed by atoms with Crippen LogP contribution in [0.5, 0.6) is 5.75 Å². The quantitative estimate of drug-likeness (QED) is 0.887. The number of hydrogen-bond acceptors (Lipinski definition) is 3. The van der Waals surface area contributed by atoms with Gasteiger partial charge >= 0.3 is 0 Å². The number of para-hydroxylation sites is 1. The predicted molar refractivity (Wildman–Crippen MR) is 100 cm³/mol. The normalized spacial score (nSPS) is 21.1. The Morgan fingerprint density at radius 3 is 2.76 bits per heavy atom. The Labute approximate surface area is 154 Å². The van der Waals surface area contributed by atoms with E-state index in [1.165, 1.54) is 11.1 Å². The van der Waals surface area contributed by atoms with Crippen molar-refractivity contribution in [3.63, 3.8) is 0 Å². The minimum absolute atomic E-state index is 0. The summed E-state index contributed by atoms with van der Waals surface area (Å²) in [6.45, 7) is 2.03. The Hall–Kier alpha value is -2.04. The van der Waals surface area contributed by atoms with Crippen molar-refractivity contribution >= 4 is 18.3 Å². The van der Waals surface area contributed by atoms with Gasteiger partial charge in [0.1, 0.15) is 12.4 Å². The number of nitrogens with one attached hydrogen (secondary N) is 2. The molecule has 0 aromatic heterocycles. The van der Waals surface area contributed by atoms with E-state index >= 15 is 0 Å². The zero-order valence-electron chi connectivity index (χ0n) is 14.0. The number of hydrogen-bond donors (Lipinski definition) is 2. The van der Waals surface area contributed by atoms with E-state index in [1.807, 2.05) is 24.3 Å². The summed E-state index contributed by atoms with van der Waals surface area (Å²) in [5, 5.41) is 6.62. The van der Waals surface area contributed by atoms with Gasteiger partial charge in [-0.2, -0.15) is 0 Å². The predicted octanol–water partition coefficient (Wildman–Crippen LogP) is 2.66. The highest BCUT2D eigenvalue weighted by atomic mass is 35.5. The fourth-order valence-corrected chi connectivity index (χ4v) is 3.62. The number of halogens is 1. The van der Waals surface area contributed by atoms with Crippen molar-refractivity contribution in [2.75, 3.05) is 19.7 Å². The van der Waals surface area contributed by atoms with E-state index in [4.69, 9.17) is 4.74 Å². The molecule has 2 aromatic carbocycles. The molecule has 0 aliphatic carbocycles. The summed E-state index contributed by atoms with van der Waals surface area (Å²) >= 11 is 0. The van der Waals surface area contributed by atoms with Gasteiger partial charge < -0.3 is 15.4 Å². The van der Waals surface area contributed by atoms with Crippen LogP contribution in [0.1, 0.15) is 22.7 Å². The lowest BCUT2D eigenvalue weighted by molar-refractivity contribution is -0.126. The molecule has 0 saturated carbocycles. The molecular formula is C20H23ClN2O2. The molecular weight excluding hydrogens is 336 g/mol. The highest BCUT2D eigenvalue weighted by molar-refractivity contribution is 5.85. The zero-order chi connectivity index (χ0) is 16.4. The highest BCUT2D eigenvalue weighted by Gasteiger charge is 2.27. The SMILES string of the molecule is Cl.O=C(NCC1NCCc2ccccc21)C1COc2ccccc2C1. The Kier molecular flexibility index (Phi) is 5.61. The molecule has 0 saturated heterocycles. The first-order valence-electron chi connectivity index (χ1n) is 8.61. The summed E-state index contributed by atoms with van der Waals surface area (Å²) in [5.74, 6) is 0.873. The molecule has 1 amide bonds. The van der Waals surface area contributed by atoms with Crippen LogP contribution >= 0.6 is 12.4 Å². The molecule has 0 spiro atoms. The van der Waals surface area contributed by atoms with Crippen LogP contribution in [0.25, 0.3) is 0 Å². The van der Waals surface area contributed by atoms with Gasteiger partial charge in [0, 0.05) is 12.6 Å². The maximum Gasteiger partial charge on any atom is 0.226 e. The second-order valence-electron chi connectivity index (χ2n) is 6.52. The third-order valence-electron chi connectivity index (χ3n) is 4.95. The average Bonchev–Trinajstić information content (AvgIpc) is 2.65. The topological polar surface area (TPSA) is 50.4 Å². The molecule has 2 N–H and O–H groups in total. The van der Waals surface area contributed by atoms with Crippen molar-refractivity contribution in [3.05, 3.63) is 65.2 Å². The molecule has 2 aliphatic rings. The molecule has 2 heterocycles. The lowest BCUT2D eigenvalue weighted by Gasteiger charge is -2.29. The van der Waals surface area contributed by atoms with Gasteiger partial charge in [-0.25, -0.2) is 0 Å². The van der Waals surface area contributed by atoms with Gasteiger partial charge in [-0.3, -0.25) is 4.79 Å². The second-order valence-corrected chi connectivity index (χ2v) is 6.52. The first-order chi connectivity index (χ1) is 11.8. The Morgan fingerprint density at radius 1 is 1.12 bits per heavy atom. The molecule has 132 valence electrons. The van der Waals surface area contributed by atoms with E-state index in [1.54, 1.807) is 0 Å². The van der Waals surface area contributed by atoms with Crippen molar-refractivity contribution in [1.29, 1.82) is 0 Å². The van der Waals surface area contributed by atoms with Gasteiger partial charge in [0.15, 0.2) is 0 Å². The summed E-state index contributed by atoms with van der Waals surface area (Å²) in [4.78, 5) is 12.5. The molecule has 0 bridgehead atoms. The molecule has 2 unspecified atom stereocenters. The lowest BCUT2D eigenvalue weighted by Crippen LogP contribution is -2.43. The minimum Gasteiger partial charge on any atom is -0.492 e. The smallest absolute Gasteiger partial charge is 0.226 e. The van der Waals surface area contributed by atoms with Crippen LogP contribution in [0.4, 0.5) is 0 Å². The number of fused-ring (bicyclic) bond motifs is 2. The number of benzene rings is 2. The Bertz CT molecular complexity index is 750. The van der Waals surface area contributed by atoms with Crippen LogP contribution < -0.4 is 15.4 Å². The molecule has 0 radical (unpaired) electrons. The highest BCUT2D eigenvalue weighted by Crippen LogP contribution is 2.27. The third-order valence-corrected chi connectivity index (χ3v) is 4.95. The Balaban J connectivity index is 0.00000182. The number of carbonyl (C=O) groups is 1. The molecule has 4 nitrogen and oxygen atoms in total. The zero-order valence-corrected chi connectivity index (χ0v) is 14.9. The van der Waals surface area contributed by atoms with Gasteiger partial charge in [-0.15, -0.1) is 12.4 Å². The number of amides is 1. The molecule has 2 atom stereocenters. The standard InChI is InChI=1S/C20H22N2O2.ClH/c23-20(16-11-15-6-2-4-8-19(15)24-13-16)22-12-18-17-7-3-1-5-14(17)9-10-21-18;/h1-8,16,18,21H,9-13H2,(H,22,23);1H. The monoisotopic (exact) mass is 358 g/mol. The van der Waals surface area contributed by atoms with E-state index < -0.39 is 0 Å². The van der Waals surface area contributed by atoms with Crippen LogP contribution in [-0.2, 0) is 17.6 Å². The first-order valence-corrected chi connectivity index (χ1v) is 8.61. The van der Waals surface area contributed by atoms with E-state index in [-0.39, 0.29) is 30.3 Å². The number of ether oxygens (including phenoxy) is 1. The average molecular weight is 359 g/mol.